The molecule has 134 valence electrons. The highest BCUT2D eigenvalue weighted by Crippen LogP contribution is 2.36. The summed E-state index contributed by atoms with van der Waals surface area (Å²) in [5.41, 5.74) is 2.59. The fourth-order valence-corrected chi connectivity index (χ4v) is 3.69. The molecule has 3 rings (SSSR count). The van der Waals surface area contributed by atoms with Crippen LogP contribution in [0.4, 0.5) is 5.00 Å². The number of aromatic nitrogens is 1. The van der Waals surface area contributed by atoms with Crippen molar-refractivity contribution in [2.75, 3.05) is 5.32 Å². The lowest BCUT2D eigenvalue weighted by Gasteiger charge is -2.01. The topological polar surface area (TPSA) is 65.8 Å². The van der Waals surface area contributed by atoms with Gasteiger partial charge in [-0.2, -0.15) is 5.26 Å². The minimum atomic E-state index is -0.200. The first kappa shape index (κ1) is 19.1. The highest BCUT2D eigenvalue weighted by Gasteiger charge is 2.17. The molecule has 1 aromatic heterocycles. The predicted octanol–water partition coefficient (Wildman–Crippen LogP) is 6.14. The largest absolute Gasteiger partial charge is 0.316 e. The van der Waals surface area contributed by atoms with Gasteiger partial charge < -0.3 is 5.32 Å². The third kappa shape index (κ3) is 4.55. The van der Waals surface area contributed by atoms with Gasteiger partial charge in [-0.3, -0.25) is 4.79 Å². The maximum absolute atomic E-state index is 11.6. The number of nitriles is 1. The average Bonchev–Trinajstić information content (AvgIpc) is 3.06. The Bertz CT molecular complexity index is 1070. The van der Waals surface area contributed by atoms with Crippen LogP contribution in [0.15, 0.2) is 48.5 Å². The molecular weight excluding hydrogens is 401 g/mol. The van der Waals surface area contributed by atoms with Crippen molar-refractivity contribution in [2.24, 2.45) is 0 Å². The molecule has 0 aliphatic heterocycles. The Labute approximate surface area is 170 Å². The van der Waals surface area contributed by atoms with Gasteiger partial charge >= 0.3 is 0 Å². The molecule has 3 aromatic rings. The van der Waals surface area contributed by atoms with Crippen molar-refractivity contribution in [3.05, 3.63) is 69.1 Å². The molecule has 0 fully saturated rings. The van der Waals surface area contributed by atoms with Crippen LogP contribution < -0.4 is 5.32 Å². The smallest absolute Gasteiger partial charge is 0.221 e. The number of benzene rings is 2. The molecule has 0 radical (unpaired) electrons. The van der Waals surface area contributed by atoms with Gasteiger partial charge in [-0.15, -0.1) is 0 Å². The molecule has 1 amide bonds. The molecule has 0 saturated heterocycles. The van der Waals surface area contributed by atoms with Gasteiger partial charge in [-0.05, 0) is 23.8 Å². The first-order chi connectivity index (χ1) is 13.0. The Morgan fingerprint density at radius 2 is 1.93 bits per heavy atom. The van der Waals surface area contributed by atoms with Gasteiger partial charge in [0, 0.05) is 12.5 Å². The highest BCUT2D eigenvalue weighted by atomic mass is 35.5. The summed E-state index contributed by atoms with van der Waals surface area (Å²) in [5, 5.41) is 14.4. The molecule has 0 aliphatic carbocycles. The summed E-state index contributed by atoms with van der Waals surface area (Å²) in [6.45, 7) is 1.44. The second-order valence-corrected chi connectivity index (χ2v) is 7.40. The minimum absolute atomic E-state index is 0.200. The van der Waals surface area contributed by atoms with Gasteiger partial charge in [0.1, 0.15) is 21.8 Å². The van der Waals surface area contributed by atoms with E-state index in [2.05, 4.69) is 16.4 Å². The van der Waals surface area contributed by atoms with Crippen molar-refractivity contribution in [3.63, 3.8) is 0 Å². The summed E-state index contributed by atoms with van der Waals surface area (Å²) in [6, 6.07) is 16.8. The lowest BCUT2D eigenvalue weighted by Crippen LogP contribution is -2.05. The van der Waals surface area contributed by atoms with E-state index in [4.69, 9.17) is 23.2 Å². The zero-order valence-corrected chi connectivity index (χ0v) is 16.5. The lowest BCUT2D eigenvalue weighted by atomic mass is 10.1. The Balaban J connectivity index is 2.08. The number of nitrogens with one attached hydrogen (secondary N) is 1. The molecule has 0 unspecified atom stereocenters. The maximum Gasteiger partial charge on any atom is 0.221 e. The fraction of sp³-hybridized carbons (Fsp3) is 0.0500. The monoisotopic (exact) mass is 413 g/mol. The third-order valence-corrected chi connectivity index (χ3v) is 5.31. The van der Waals surface area contributed by atoms with Crippen molar-refractivity contribution < 1.29 is 4.79 Å². The summed E-state index contributed by atoms with van der Waals surface area (Å²) >= 11 is 13.2. The highest BCUT2D eigenvalue weighted by molar-refractivity contribution is 7.17. The van der Waals surface area contributed by atoms with Crippen LogP contribution in [0, 0.1) is 11.3 Å². The first-order valence-corrected chi connectivity index (χ1v) is 9.46. The van der Waals surface area contributed by atoms with Gasteiger partial charge in [0.15, 0.2) is 0 Å². The number of hydrogen-bond donors (Lipinski definition) is 1. The molecule has 4 nitrogen and oxygen atoms in total. The van der Waals surface area contributed by atoms with Crippen LogP contribution in [0.1, 0.15) is 17.5 Å². The number of rotatable bonds is 4. The average molecular weight is 414 g/mol. The SMILES string of the molecule is CC(=O)Nc1sc(C(C#N)=Cc2ccc(Cl)c(Cl)c2)nc1-c1ccccc1. The van der Waals surface area contributed by atoms with E-state index < -0.39 is 0 Å². The molecule has 27 heavy (non-hydrogen) atoms. The Morgan fingerprint density at radius 3 is 2.56 bits per heavy atom. The van der Waals surface area contributed by atoms with E-state index in [-0.39, 0.29) is 5.91 Å². The van der Waals surface area contributed by atoms with Crippen molar-refractivity contribution in [2.45, 2.75) is 6.92 Å². The molecule has 0 saturated carbocycles. The number of carbonyl (C=O) groups excluding carboxylic acids is 1. The van der Waals surface area contributed by atoms with Crippen LogP contribution in [0.5, 0.6) is 0 Å². The fourth-order valence-electron chi connectivity index (χ4n) is 2.38. The van der Waals surface area contributed by atoms with Gasteiger partial charge in [0.2, 0.25) is 5.91 Å². The number of allylic oxidation sites excluding steroid dienone is 1. The van der Waals surface area contributed by atoms with Gasteiger partial charge in [-0.1, -0.05) is 70.9 Å². The summed E-state index contributed by atoms with van der Waals surface area (Å²) in [4.78, 5) is 16.2. The van der Waals surface area contributed by atoms with Gasteiger partial charge in [0.25, 0.3) is 0 Å². The van der Waals surface area contributed by atoms with E-state index in [9.17, 15) is 10.1 Å². The van der Waals surface area contributed by atoms with Crippen LogP contribution in [0.3, 0.4) is 0 Å². The van der Waals surface area contributed by atoms with E-state index >= 15 is 0 Å². The molecular formula is C20H13Cl2N3OS. The second-order valence-electron chi connectivity index (χ2n) is 5.59. The number of nitrogens with zero attached hydrogens (tertiary/aromatic N) is 2. The number of carbonyl (C=O) groups is 1. The van der Waals surface area contributed by atoms with Crippen molar-refractivity contribution in [1.82, 2.24) is 4.98 Å². The minimum Gasteiger partial charge on any atom is -0.316 e. The van der Waals surface area contributed by atoms with E-state index in [1.165, 1.54) is 18.3 Å². The molecule has 2 aromatic carbocycles. The van der Waals surface area contributed by atoms with E-state index in [1.54, 1.807) is 24.3 Å². The van der Waals surface area contributed by atoms with Crippen LogP contribution in [-0.2, 0) is 4.79 Å². The number of hydrogen-bond acceptors (Lipinski definition) is 4. The zero-order valence-electron chi connectivity index (χ0n) is 14.2. The zero-order chi connectivity index (χ0) is 19.4. The molecule has 7 heteroatoms. The standard InChI is InChI=1S/C20H13Cl2N3OS/c1-12(26)24-20-18(14-5-3-2-4-6-14)25-19(27-20)15(11-23)9-13-7-8-16(21)17(22)10-13/h2-10H,1H3,(H,24,26). The predicted molar refractivity (Wildman–Crippen MR) is 112 cm³/mol. The molecule has 0 spiro atoms. The van der Waals surface area contributed by atoms with Crippen LogP contribution in [-0.4, -0.2) is 10.9 Å². The van der Waals surface area contributed by atoms with Crippen molar-refractivity contribution in [3.8, 4) is 17.3 Å². The number of thiazole rings is 1. The third-order valence-electron chi connectivity index (χ3n) is 3.57. The number of anilines is 1. The van der Waals surface area contributed by atoms with Crippen molar-refractivity contribution >= 4 is 57.1 Å². The summed E-state index contributed by atoms with van der Waals surface area (Å²) in [5.74, 6) is -0.200. The Hall–Kier alpha value is -2.65. The first-order valence-electron chi connectivity index (χ1n) is 7.89. The van der Waals surface area contributed by atoms with Crippen LogP contribution >= 0.6 is 34.5 Å². The molecule has 1 N–H and O–H groups in total. The Morgan fingerprint density at radius 1 is 1.19 bits per heavy atom. The number of halogens is 2. The lowest BCUT2D eigenvalue weighted by molar-refractivity contribution is -0.114. The quantitative estimate of drug-likeness (QED) is 0.522. The number of amides is 1. The maximum atomic E-state index is 11.6. The van der Waals surface area contributed by atoms with E-state index in [0.717, 1.165) is 11.1 Å². The normalized spacial score (nSPS) is 11.1. The van der Waals surface area contributed by atoms with Gasteiger partial charge in [-0.25, -0.2) is 4.98 Å². The molecule has 1 heterocycles. The Kier molecular flexibility index (Phi) is 5.92. The van der Waals surface area contributed by atoms with Gasteiger partial charge in [0.05, 0.1) is 15.6 Å². The van der Waals surface area contributed by atoms with E-state index in [1.807, 2.05) is 30.3 Å². The molecule has 0 aliphatic rings. The summed E-state index contributed by atoms with van der Waals surface area (Å²) in [6.07, 6.45) is 1.69. The molecule has 0 bridgehead atoms. The van der Waals surface area contributed by atoms with Crippen molar-refractivity contribution in [1.29, 1.82) is 5.26 Å². The summed E-state index contributed by atoms with van der Waals surface area (Å²) in [7, 11) is 0. The van der Waals surface area contributed by atoms with Crippen LogP contribution in [0.25, 0.3) is 22.9 Å². The van der Waals surface area contributed by atoms with E-state index in [0.29, 0.717) is 31.3 Å². The summed E-state index contributed by atoms with van der Waals surface area (Å²) < 4.78 is 0. The molecule has 0 atom stereocenters. The van der Waals surface area contributed by atoms with Crippen LogP contribution in [0.2, 0.25) is 10.0 Å². The second kappa shape index (κ2) is 8.36.